The largest absolute Gasteiger partial charge is 0.478 e. The third-order valence-electron chi connectivity index (χ3n) is 1.96. The fourth-order valence-electron chi connectivity index (χ4n) is 1.17. The summed E-state index contributed by atoms with van der Waals surface area (Å²) in [7, 11) is -3.41. The predicted molar refractivity (Wildman–Crippen MR) is 78.9 cm³/mol. The number of hydrogen-bond donors (Lipinski definition) is 2. The van der Waals surface area contributed by atoms with Gasteiger partial charge in [0, 0.05) is 29.0 Å². The number of hydrogen-bond acceptors (Lipinski definition) is 6. The van der Waals surface area contributed by atoms with Crippen molar-refractivity contribution in [2.75, 3.05) is 25.4 Å². The lowest BCUT2D eigenvalue weighted by Gasteiger charge is -2.06. The van der Waals surface area contributed by atoms with Gasteiger partial charge in [-0.05, 0) is 45.8 Å². The summed E-state index contributed by atoms with van der Waals surface area (Å²) in [5, 5.41) is 3.05. The van der Waals surface area contributed by atoms with E-state index in [1.165, 1.54) is 0 Å². The Bertz CT molecular complexity index is 467. The maximum atomic E-state index is 10.4. The minimum absolute atomic E-state index is 0.313. The summed E-state index contributed by atoms with van der Waals surface area (Å²) in [6.45, 7) is 1.76. The van der Waals surface area contributed by atoms with Gasteiger partial charge in [-0.2, -0.15) is 8.42 Å². The highest BCUT2D eigenvalue weighted by Crippen LogP contribution is 2.12. The van der Waals surface area contributed by atoms with Crippen LogP contribution in [0.15, 0.2) is 22.8 Å². The van der Waals surface area contributed by atoms with Gasteiger partial charge in [-0.15, -0.1) is 0 Å². The first-order chi connectivity index (χ1) is 8.97. The van der Waals surface area contributed by atoms with Crippen molar-refractivity contribution in [2.24, 2.45) is 0 Å². The average molecular weight is 371 g/mol. The van der Waals surface area contributed by atoms with Gasteiger partial charge in [-0.3, -0.25) is 4.55 Å². The molecule has 0 spiro atoms. The topological polar surface area (TPSA) is 88.5 Å². The Balaban J connectivity index is 1.98. The number of nitrogens with zero attached hydrogens (tertiary/aromatic N) is 1. The molecule has 1 aromatic rings. The van der Waals surface area contributed by atoms with E-state index in [1.54, 1.807) is 12.3 Å². The van der Waals surface area contributed by atoms with Crippen LogP contribution in [0.1, 0.15) is 6.42 Å². The third-order valence-corrected chi connectivity index (χ3v) is 4.49. The zero-order chi connectivity index (χ0) is 14.1. The smallest absolute Gasteiger partial charge is 0.319 e. The van der Waals surface area contributed by atoms with Crippen molar-refractivity contribution in [1.29, 1.82) is 0 Å². The van der Waals surface area contributed by atoms with Gasteiger partial charge in [0.25, 0.3) is 0 Å². The van der Waals surface area contributed by atoms with Crippen molar-refractivity contribution >= 4 is 35.9 Å². The number of halogens is 1. The van der Waals surface area contributed by atoms with Crippen molar-refractivity contribution in [3.63, 3.8) is 0 Å². The zero-order valence-electron chi connectivity index (χ0n) is 10.1. The number of nitrogens with one attached hydrogen (secondary N) is 1. The molecule has 1 rings (SSSR count). The second kappa shape index (κ2) is 8.75. The van der Waals surface area contributed by atoms with E-state index in [0.29, 0.717) is 42.1 Å². The maximum Gasteiger partial charge on any atom is 0.319 e. The third kappa shape index (κ3) is 9.22. The molecule has 0 unspecified atom stereocenters. The minimum Gasteiger partial charge on any atom is -0.478 e. The molecule has 0 saturated carbocycles. The van der Waals surface area contributed by atoms with Gasteiger partial charge >= 0.3 is 9.15 Å². The lowest BCUT2D eigenvalue weighted by molar-refractivity contribution is 0.297. The van der Waals surface area contributed by atoms with E-state index in [-0.39, 0.29) is 0 Å². The molecule has 0 fully saturated rings. The van der Waals surface area contributed by atoms with Gasteiger partial charge in [0.15, 0.2) is 0 Å². The van der Waals surface area contributed by atoms with Crippen LogP contribution in [0.5, 0.6) is 5.88 Å². The van der Waals surface area contributed by atoms with E-state index in [9.17, 15) is 8.42 Å². The Hall–Kier alpha value is -0.350. The van der Waals surface area contributed by atoms with Gasteiger partial charge in [-0.25, -0.2) is 4.98 Å². The first kappa shape index (κ1) is 16.7. The van der Waals surface area contributed by atoms with Gasteiger partial charge in [0.05, 0.1) is 6.61 Å². The Morgan fingerprint density at radius 2 is 2.21 bits per heavy atom. The molecule has 0 aliphatic heterocycles. The zero-order valence-corrected chi connectivity index (χ0v) is 13.3. The standard InChI is InChI=1S/C10H15BrN2O4S2/c11-9-2-3-10(13-8-9)17-6-1-4-12-5-7-18-19(14,15)16/h2-3,8,12H,1,4-7H2,(H,14,15,16). The summed E-state index contributed by atoms with van der Waals surface area (Å²) in [6.07, 6.45) is 2.45. The minimum atomic E-state index is -3.92. The molecule has 0 amide bonds. The molecular formula is C10H15BrN2O4S2. The van der Waals surface area contributed by atoms with Crippen molar-refractivity contribution in [3.05, 3.63) is 22.8 Å². The van der Waals surface area contributed by atoms with Gasteiger partial charge in [0.1, 0.15) is 0 Å². The van der Waals surface area contributed by atoms with E-state index in [1.807, 2.05) is 6.07 Å². The van der Waals surface area contributed by atoms with Gasteiger partial charge in [-0.1, -0.05) is 0 Å². The van der Waals surface area contributed by atoms with Crippen LogP contribution in [0, 0.1) is 0 Å². The molecule has 0 bridgehead atoms. The fourth-order valence-corrected chi connectivity index (χ4v) is 2.72. The molecule has 108 valence electrons. The molecule has 0 saturated heterocycles. The Morgan fingerprint density at radius 3 is 2.84 bits per heavy atom. The quantitative estimate of drug-likeness (QED) is 0.388. The Labute approximate surface area is 124 Å². The van der Waals surface area contributed by atoms with E-state index in [4.69, 9.17) is 9.29 Å². The lowest BCUT2D eigenvalue weighted by Crippen LogP contribution is -2.20. The Morgan fingerprint density at radius 1 is 1.42 bits per heavy atom. The van der Waals surface area contributed by atoms with Crippen LogP contribution < -0.4 is 10.1 Å². The highest BCUT2D eigenvalue weighted by atomic mass is 79.9. The summed E-state index contributed by atoms with van der Waals surface area (Å²) >= 11 is 3.29. The summed E-state index contributed by atoms with van der Waals surface area (Å²) in [4.78, 5) is 4.07. The van der Waals surface area contributed by atoms with Crippen LogP contribution in [0.4, 0.5) is 0 Å². The summed E-state index contributed by atoms with van der Waals surface area (Å²) in [5.74, 6) is 0.888. The summed E-state index contributed by atoms with van der Waals surface area (Å²) in [5.41, 5.74) is 0. The van der Waals surface area contributed by atoms with E-state index >= 15 is 0 Å². The van der Waals surface area contributed by atoms with E-state index in [2.05, 4.69) is 26.2 Å². The second-order valence-corrected chi connectivity index (χ2v) is 7.90. The molecular weight excluding hydrogens is 356 g/mol. The van der Waals surface area contributed by atoms with Crippen LogP contribution in [-0.4, -0.2) is 43.4 Å². The van der Waals surface area contributed by atoms with Crippen molar-refractivity contribution in [1.82, 2.24) is 10.3 Å². The Kier molecular flexibility index (Phi) is 7.69. The number of pyridine rings is 1. The first-order valence-corrected chi connectivity index (χ1v) is 9.28. The summed E-state index contributed by atoms with van der Waals surface area (Å²) in [6, 6.07) is 3.63. The van der Waals surface area contributed by atoms with E-state index < -0.39 is 9.15 Å². The molecule has 0 aromatic carbocycles. The molecule has 2 N–H and O–H groups in total. The molecule has 19 heavy (non-hydrogen) atoms. The van der Waals surface area contributed by atoms with Crippen LogP contribution >= 0.6 is 26.7 Å². The van der Waals surface area contributed by atoms with Crippen LogP contribution in [0.3, 0.4) is 0 Å². The highest BCUT2D eigenvalue weighted by molar-refractivity contribution is 9.10. The van der Waals surface area contributed by atoms with Gasteiger partial charge in [0.2, 0.25) is 5.88 Å². The molecule has 9 heteroatoms. The van der Waals surface area contributed by atoms with Crippen molar-refractivity contribution in [3.8, 4) is 5.88 Å². The lowest BCUT2D eigenvalue weighted by atomic mass is 10.4. The highest BCUT2D eigenvalue weighted by Gasteiger charge is 2.03. The van der Waals surface area contributed by atoms with Gasteiger partial charge < -0.3 is 10.1 Å². The maximum absolute atomic E-state index is 10.4. The molecule has 0 radical (unpaired) electrons. The molecule has 1 aromatic heterocycles. The molecule has 1 heterocycles. The first-order valence-electron chi connectivity index (χ1n) is 5.54. The summed E-state index contributed by atoms with van der Waals surface area (Å²) < 4.78 is 35.6. The van der Waals surface area contributed by atoms with Crippen molar-refractivity contribution < 1.29 is 17.7 Å². The fraction of sp³-hybridized carbons (Fsp3) is 0.500. The number of rotatable bonds is 9. The van der Waals surface area contributed by atoms with Crippen LogP contribution in [0.2, 0.25) is 0 Å². The monoisotopic (exact) mass is 370 g/mol. The molecule has 6 nitrogen and oxygen atoms in total. The number of ether oxygens (including phenoxy) is 1. The molecule has 0 aliphatic carbocycles. The average Bonchev–Trinajstić information content (AvgIpc) is 2.33. The number of aromatic nitrogens is 1. The normalized spacial score (nSPS) is 11.5. The van der Waals surface area contributed by atoms with Crippen LogP contribution in [-0.2, 0) is 9.15 Å². The second-order valence-electron chi connectivity index (χ2n) is 3.52. The molecule has 0 aliphatic rings. The van der Waals surface area contributed by atoms with Crippen molar-refractivity contribution in [2.45, 2.75) is 6.42 Å². The predicted octanol–water partition coefficient (Wildman–Crippen LogP) is 1.74. The SMILES string of the molecule is O=S(=O)(O)SCCNCCCOc1ccc(Br)cn1. The van der Waals surface area contributed by atoms with E-state index in [0.717, 1.165) is 10.9 Å². The molecule has 0 atom stereocenters. The van der Waals surface area contributed by atoms with Crippen LogP contribution in [0.25, 0.3) is 0 Å².